The van der Waals surface area contributed by atoms with E-state index in [-0.39, 0.29) is 23.7 Å². The van der Waals surface area contributed by atoms with Crippen molar-refractivity contribution in [1.29, 1.82) is 0 Å². The van der Waals surface area contributed by atoms with E-state index < -0.39 is 28.4 Å². The Bertz CT molecular complexity index is 1210. The fourth-order valence-corrected chi connectivity index (χ4v) is 4.71. The minimum absolute atomic E-state index is 0.0337. The molecule has 0 radical (unpaired) electrons. The van der Waals surface area contributed by atoms with Crippen LogP contribution in [0.3, 0.4) is 0 Å². The number of hydrogen-bond donors (Lipinski definition) is 1. The molecular weight excluding hydrogens is 434 g/mol. The van der Waals surface area contributed by atoms with E-state index in [9.17, 15) is 18.0 Å². The summed E-state index contributed by atoms with van der Waals surface area (Å²) in [4.78, 5) is 28.2. The van der Waals surface area contributed by atoms with Crippen molar-refractivity contribution in [2.45, 2.75) is 11.8 Å². The second-order valence-electron chi connectivity index (χ2n) is 6.64. The first-order chi connectivity index (χ1) is 15.4. The molecule has 0 saturated heterocycles. The maximum Gasteiger partial charge on any atom is 0.325 e. The van der Waals surface area contributed by atoms with Crippen LogP contribution in [-0.4, -0.2) is 52.1 Å². The lowest BCUT2D eigenvalue weighted by Gasteiger charge is -2.25. The van der Waals surface area contributed by atoms with Crippen molar-refractivity contribution < 1.29 is 27.5 Å². The SMILES string of the molecule is CCOC(=O)CNC(=O)CN(c1ccc(OC)cc1)S(=O)(=O)c1cccc2cnccc12. The van der Waals surface area contributed by atoms with Crippen LogP contribution in [-0.2, 0) is 24.3 Å². The number of nitrogens with zero attached hydrogens (tertiary/aromatic N) is 2. The van der Waals surface area contributed by atoms with Gasteiger partial charge >= 0.3 is 5.97 Å². The van der Waals surface area contributed by atoms with E-state index >= 15 is 0 Å². The highest BCUT2D eigenvalue weighted by Crippen LogP contribution is 2.29. The number of aromatic nitrogens is 1. The summed E-state index contributed by atoms with van der Waals surface area (Å²) in [6.07, 6.45) is 3.07. The maximum absolute atomic E-state index is 13.7. The molecule has 0 aliphatic carbocycles. The van der Waals surface area contributed by atoms with E-state index in [0.29, 0.717) is 16.5 Å². The van der Waals surface area contributed by atoms with Gasteiger partial charge < -0.3 is 14.8 Å². The molecule has 0 fully saturated rings. The number of pyridine rings is 1. The fraction of sp³-hybridized carbons (Fsp3) is 0.227. The molecule has 0 spiro atoms. The highest BCUT2D eigenvalue weighted by molar-refractivity contribution is 7.93. The van der Waals surface area contributed by atoms with Crippen molar-refractivity contribution in [2.24, 2.45) is 0 Å². The Morgan fingerprint density at radius 2 is 1.84 bits per heavy atom. The molecule has 0 unspecified atom stereocenters. The Labute approximate surface area is 186 Å². The second kappa shape index (κ2) is 10.1. The number of benzene rings is 2. The standard InChI is InChI=1S/C22H23N3O6S/c1-3-31-22(27)14-24-21(26)15-25(17-7-9-18(30-2)10-8-17)32(28,29)20-6-4-5-16-13-23-12-11-19(16)20/h4-13H,3,14-15H2,1-2H3,(H,24,26). The Morgan fingerprint density at radius 3 is 2.53 bits per heavy atom. The highest BCUT2D eigenvalue weighted by Gasteiger charge is 2.29. The van der Waals surface area contributed by atoms with Gasteiger partial charge in [-0.05, 0) is 43.3 Å². The molecule has 1 N–H and O–H groups in total. The van der Waals surface area contributed by atoms with Gasteiger partial charge in [0.05, 0.1) is 24.3 Å². The van der Waals surface area contributed by atoms with E-state index in [0.717, 1.165) is 4.31 Å². The van der Waals surface area contributed by atoms with Crippen molar-refractivity contribution in [2.75, 3.05) is 31.1 Å². The zero-order valence-corrected chi connectivity index (χ0v) is 18.5. The third-order valence-corrected chi connectivity index (χ3v) is 6.42. The summed E-state index contributed by atoms with van der Waals surface area (Å²) in [5.41, 5.74) is 0.267. The Kier molecular flexibility index (Phi) is 7.26. The second-order valence-corrected chi connectivity index (χ2v) is 8.48. The van der Waals surface area contributed by atoms with Gasteiger partial charge in [0.15, 0.2) is 0 Å². The first-order valence-electron chi connectivity index (χ1n) is 9.78. The highest BCUT2D eigenvalue weighted by atomic mass is 32.2. The van der Waals surface area contributed by atoms with Crippen LogP contribution in [0.1, 0.15) is 6.92 Å². The number of nitrogens with one attached hydrogen (secondary N) is 1. The molecule has 0 aliphatic heterocycles. The molecule has 0 atom stereocenters. The fourth-order valence-electron chi connectivity index (χ4n) is 3.07. The topological polar surface area (TPSA) is 115 Å². The lowest BCUT2D eigenvalue weighted by Crippen LogP contribution is -2.42. The smallest absolute Gasteiger partial charge is 0.325 e. The lowest BCUT2D eigenvalue weighted by molar-refractivity contribution is -0.143. The number of rotatable bonds is 9. The third-order valence-electron chi connectivity index (χ3n) is 4.59. The number of anilines is 1. The average Bonchev–Trinajstić information content (AvgIpc) is 2.81. The first kappa shape index (κ1) is 23.0. The Morgan fingerprint density at radius 1 is 1.09 bits per heavy atom. The van der Waals surface area contributed by atoms with Crippen molar-refractivity contribution in [3.05, 3.63) is 60.9 Å². The summed E-state index contributed by atoms with van der Waals surface area (Å²) in [7, 11) is -2.66. The minimum Gasteiger partial charge on any atom is -0.497 e. The predicted octanol–water partition coefficient (Wildman–Crippen LogP) is 2.12. The molecule has 10 heteroatoms. The van der Waals surface area contributed by atoms with Gasteiger partial charge in [-0.2, -0.15) is 0 Å². The van der Waals surface area contributed by atoms with Crippen LogP contribution in [0, 0.1) is 0 Å². The number of esters is 1. The zero-order valence-electron chi connectivity index (χ0n) is 17.6. The van der Waals surface area contributed by atoms with E-state index in [1.54, 1.807) is 55.6 Å². The average molecular weight is 458 g/mol. The van der Waals surface area contributed by atoms with E-state index in [1.807, 2.05) is 0 Å². The number of carbonyl (C=O) groups is 2. The summed E-state index contributed by atoms with van der Waals surface area (Å²) in [6.45, 7) is 0.938. The van der Waals surface area contributed by atoms with Gasteiger partial charge in [0.25, 0.3) is 10.0 Å². The maximum atomic E-state index is 13.7. The molecule has 3 rings (SSSR count). The summed E-state index contributed by atoms with van der Waals surface area (Å²) in [5, 5.41) is 3.52. The number of amides is 1. The molecule has 168 valence electrons. The number of hydrogen-bond acceptors (Lipinski definition) is 7. The number of carbonyl (C=O) groups excluding carboxylic acids is 2. The third kappa shape index (κ3) is 5.14. The quantitative estimate of drug-likeness (QED) is 0.490. The molecule has 0 aliphatic rings. The van der Waals surface area contributed by atoms with Crippen LogP contribution < -0.4 is 14.4 Å². The van der Waals surface area contributed by atoms with E-state index in [2.05, 4.69) is 10.3 Å². The van der Waals surface area contributed by atoms with Crippen molar-refractivity contribution in [1.82, 2.24) is 10.3 Å². The molecule has 1 heterocycles. The molecule has 0 saturated carbocycles. The molecule has 1 aromatic heterocycles. The number of ether oxygens (including phenoxy) is 2. The number of fused-ring (bicyclic) bond motifs is 1. The lowest BCUT2D eigenvalue weighted by atomic mass is 10.2. The molecule has 0 bridgehead atoms. The number of sulfonamides is 1. The molecular formula is C22H23N3O6S. The van der Waals surface area contributed by atoms with Crippen LogP contribution in [0.4, 0.5) is 5.69 Å². The van der Waals surface area contributed by atoms with Gasteiger partial charge in [-0.15, -0.1) is 0 Å². The molecule has 1 amide bonds. The largest absolute Gasteiger partial charge is 0.497 e. The van der Waals surface area contributed by atoms with Crippen LogP contribution in [0.15, 0.2) is 65.8 Å². The van der Waals surface area contributed by atoms with Crippen LogP contribution >= 0.6 is 0 Å². The number of methoxy groups -OCH3 is 1. The van der Waals surface area contributed by atoms with Gasteiger partial charge in [0.2, 0.25) is 5.91 Å². The van der Waals surface area contributed by atoms with Gasteiger partial charge in [0, 0.05) is 23.2 Å². The van der Waals surface area contributed by atoms with Gasteiger partial charge in [-0.3, -0.25) is 18.9 Å². The normalized spacial score (nSPS) is 11.1. The monoisotopic (exact) mass is 457 g/mol. The van der Waals surface area contributed by atoms with Crippen LogP contribution in [0.2, 0.25) is 0 Å². The minimum atomic E-state index is -4.16. The van der Waals surface area contributed by atoms with E-state index in [1.165, 1.54) is 19.4 Å². The van der Waals surface area contributed by atoms with Gasteiger partial charge in [0.1, 0.15) is 18.8 Å². The van der Waals surface area contributed by atoms with E-state index in [4.69, 9.17) is 9.47 Å². The first-order valence-corrected chi connectivity index (χ1v) is 11.2. The summed E-state index contributed by atoms with van der Waals surface area (Å²) < 4.78 is 38.3. The van der Waals surface area contributed by atoms with Gasteiger partial charge in [-0.25, -0.2) is 8.42 Å². The van der Waals surface area contributed by atoms with Crippen molar-refractivity contribution in [3.8, 4) is 5.75 Å². The van der Waals surface area contributed by atoms with Crippen LogP contribution in [0.25, 0.3) is 10.8 Å². The zero-order chi connectivity index (χ0) is 23.1. The Balaban J connectivity index is 1.99. The summed E-state index contributed by atoms with van der Waals surface area (Å²) in [5.74, 6) is -0.727. The summed E-state index contributed by atoms with van der Waals surface area (Å²) in [6, 6.07) is 12.7. The van der Waals surface area contributed by atoms with Crippen molar-refractivity contribution in [3.63, 3.8) is 0 Å². The molecule has 2 aromatic carbocycles. The molecule has 32 heavy (non-hydrogen) atoms. The predicted molar refractivity (Wildman–Crippen MR) is 119 cm³/mol. The van der Waals surface area contributed by atoms with Crippen LogP contribution in [0.5, 0.6) is 5.75 Å². The van der Waals surface area contributed by atoms with Crippen molar-refractivity contribution >= 4 is 38.4 Å². The molecule has 9 nitrogen and oxygen atoms in total. The summed E-state index contributed by atoms with van der Waals surface area (Å²) >= 11 is 0. The van der Waals surface area contributed by atoms with Gasteiger partial charge in [-0.1, -0.05) is 12.1 Å². The molecule has 3 aromatic rings. The Hall–Kier alpha value is -3.66.